The van der Waals surface area contributed by atoms with Gasteiger partial charge in [-0.15, -0.1) is 0 Å². The minimum Gasteiger partial charge on any atom is -0.211 e. The lowest BCUT2D eigenvalue weighted by molar-refractivity contribution is 0.584. The highest BCUT2D eigenvalue weighted by Crippen LogP contribution is 2.29. The molecule has 0 saturated heterocycles. The van der Waals surface area contributed by atoms with Crippen LogP contribution in [0.4, 0.5) is 0 Å². The van der Waals surface area contributed by atoms with Crippen LogP contribution in [0.1, 0.15) is 12.5 Å². The van der Waals surface area contributed by atoms with Crippen LogP contribution in [0.25, 0.3) is 0 Å². The molecular formula is C9H11Cl2NO2S. The van der Waals surface area contributed by atoms with Gasteiger partial charge in [0, 0.05) is 11.6 Å². The van der Waals surface area contributed by atoms with Crippen LogP contribution < -0.4 is 4.72 Å². The molecule has 1 aromatic rings. The third-order valence-corrected chi connectivity index (χ3v) is 4.51. The zero-order chi connectivity index (χ0) is 11.6. The minimum absolute atomic E-state index is 0.0629. The summed E-state index contributed by atoms with van der Waals surface area (Å²) in [5.74, 6) is 0. The van der Waals surface area contributed by atoms with Crippen LogP contribution in [-0.2, 0) is 10.0 Å². The number of hydrogen-bond donors (Lipinski definition) is 1. The zero-order valence-corrected chi connectivity index (χ0v) is 10.7. The molecule has 84 valence electrons. The highest BCUT2D eigenvalue weighted by Gasteiger charge is 2.18. The van der Waals surface area contributed by atoms with Gasteiger partial charge >= 0.3 is 0 Å². The molecule has 0 unspecified atom stereocenters. The van der Waals surface area contributed by atoms with E-state index in [0.717, 1.165) is 0 Å². The molecule has 0 saturated carbocycles. The van der Waals surface area contributed by atoms with E-state index in [4.69, 9.17) is 23.2 Å². The Kier molecular flexibility index (Phi) is 4.00. The maximum Gasteiger partial charge on any atom is 0.242 e. The van der Waals surface area contributed by atoms with Crippen molar-refractivity contribution >= 4 is 33.2 Å². The standard InChI is InChI=1S/C9H11Cl2NO2S/c1-3-12-15(13,14)8-5-4-7(10)6(2)9(8)11/h4-5,12H,3H2,1-2H3. The van der Waals surface area contributed by atoms with Crippen LogP contribution in [-0.4, -0.2) is 15.0 Å². The van der Waals surface area contributed by atoms with E-state index in [1.165, 1.54) is 12.1 Å². The van der Waals surface area contributed by atoms with Gasteiger partial charge in [-0.25, -0.2) is 13.1 Å². The van der Waals surface area contributed by atoms with Crippen molar-refractivity contribution in [2.24, 2.45) is 0 Å². The van der Waals surface area contributed by atoms with Gasteiger partial charge in [0.2, 0.25) is 10.0 Å². The summed E-state index contributed by atoms with van der Waals surface area (Å²) in [7, 11) is -3.52. The molecule has 0 heterocycles. The van der Waals surface area contributed by atoms with E-state index in [-0.39, 0.29) is 9.92 Å². The predicted octanol–water partition coefficient (Wildman–Crippen LogP) is 2.60. The molecule has 0 aliphatic heterocycles. The van der Waals surface area contributed by atoms with Crippen LogP contribution >= 0.6 is 23.2 Å². The number of halogens is 2. The summed E-state index contributed by atoms with van der Waals surface area (Å²) < 4.78 is 25.7. The molecule has 0 aliphatic rings. The SMILES string of the molecule is CCNS(=O)(=O)c1ccc(Cl)c(C)c1Cl. The quantitative estimate of drug-likeness (QED) is 0.915. The lowest BCUT2D eigenvalue weighted by Gasteiger charge is -2.09. The third kappa shape index (κ3) is 2.64. The number of hydrogen-bond acceptors (Lipinski definition) is 2. The first-order valence-electron chi connectivity index (χ1n) is 4.34. The molecule has 1 rings (SSSR count). The Morgan fingerprint density at radius 2 is 1.93 bits per heavy atom. The van der Waals surface area contributed by atoms with Crippen molar-refractivity contribution in [1.29, 1.82) is 0 Å². The van der Waals surface area contributed by atoms with Crippen molar-refractivity contribution in [2.75, 3.05) is 6.54 Å². The van der Waals surface area contributed by atoms with E-state index < -0.39 is 10.0 Å². The molecule has 0 bridgehead atoms. The molecule has 1 N–H and O–H groups in total. The van der Waals surface area contributed by atoms with Gasteiger partial charge < -0.3 is 0 Å². The summed E-state index contributed by atoms with van der Waals surface area (Å²) in [6, 6.07) is 2.92. The largest absolute Gasteiger partial charge is 0.242 e. The Morgan fingerprint density at radius 3 is 2.47 bits per heavy atom. The van der Waals surface area contributed by atoms with Gasteiger partial charge in [0.15, 0.2) is 0 Å². The summed E-state index contributed by atoms with van der Waals surface area (Å²) in [4.78, 5) is 0.0629. The first kappa shape index (κ1) is 12.8. The first-order chi connectivity index (χ1) is 6.90. The Labute approximate surface area is 99.4 Å². The van der Waals surface area contributed by atoms with Gasteiger partial charge in [0.25, 0.3) is 0 Å². The minimum atomic E-state index is -3.52. The van der Waals surface area contributed by atoms with Crippen LogP contribution in [0.2, 0.25) is 10.0 Å². The highest BCUT2D eigenvalue weighted by molar-refractivity contribution is 7.89. The number of benzene rings is 1. The van der Waals surface area contributed by atoms with Crippen molar-refractivity contribution in [3.8, 4) is 0 Å². The predicted molar refractivity (Wildman–Crippen MR) is 62.1 cm³/mol. The maximum absolute atomic E-state index is 11.7. The van der Waals surface area contributed by atoms with Crippen molar-refractivity contribution < 1.29 is 8.42 Å². The second kappa shape index (κ2) is 4.70. The average molecular weight is 268 g/mol. The third-order valence-electron chi connectivity index (χ3n) is 1.91. The summed E-state index contributed by atoms with van der Waals surface area (Å²) in [6.45, 7) is 3.70. The van der Waals surface area contributed by atoms with Gasteiger partial charge in [0.1, 0.15) is 4.90 Å². The van der Waals surface area contributed by atoms with Crippen molar-refractivity contribution in [1.82, 2.24) is 4.72 Å². The lowest BCUT2D eigenvalue weighted by Crippen LogP contribution is -2.23. The molecule has 3 nitrogen and oxygen atoms in total. The molecule has 0 radical (unpaired) electrons. The Morgan fingerprint density at radius 1 is 1.33 bits per heavy atom. The van der Waals surface area contributed by atoms with Crippen LogP contribution in [0.3, 0.4) is 0 Å². The summed E-state index contributed by atoms with van der Waals surface area (Å²) in [5.41, 5.74) is 0.567. The fourth-order valence-corrected chi connectivity index (χ4v) is 2.96. The maximum atomic E-state index is 11.7. The number of nitrogens with one attached hydrogen (secondary N) is 1. The number of rotatable bonds is 3. The van der Waals surface area contributed by atoms with Crippen molar-refractivity contribution in [3.05, 3.63) is 27.7 Å². The molecular weight excluding hydrogens is 257 g/mol. The monoisotopic (exact) mass is 267 g/mol. The topological polar surface area (TPSA) is 46.2 Å². The second-order valence-electron chi connectivity index (χ2n) is 2.99. The molecule has 0 spiro atoms. The molecule has 0 amide bonds. The Hall–Kier alpha value is -0.290. The van der Waals surface area contributed by atoms with E-state index in [2.05, 4.69) is 4.72 Å². The van der Waals surface area contributed by atoms with E-state index in [0.29, 0.717) is 17.1 Å². The van der Waals surface area contributed by atoms with Gasteiger partial charge in [-0.3, -0.25) is 0 Å². The smallest absolute Gasteiger partial charge is 0.211 e. The summed E-state index contributed by atoms with van der Waals surface area (Å²) in [5, 5.41) is 0.624. The van der Waals surface area contributed by atoms with Crippen LogP contribution in [0.15, 0.2) is 17.0 Å². The van der Waals surface area contributed by atoms with Crippen LogP contribution in [0.5, 0.6) is 0 Å². The zero-order valence-electron chi connectivity index (χ0n) is 8.34. The summed E-state index contributed by atoms with van der Waals surface area (Å²) >= 11 is 11.7. The first-order valence-corrected chi connectivity index (χ1v) is 6.58. The fraction of sp³-hybridized carbons (Fsp3) is 0.333. The molecule has 0 fully saturated rings. The van der Waals surface area contributed by atoms with Gasteiger partial charge in [-0.2, -0.15) is 0 Å². The Bertz CT molecular complexity index is 471. The molecule has 0 atom stereocenters. The molecule has 6 heteroatoms. The lowest BCUT2D eigenvalue weighted by atomic mass is 10.2. The molecule has 15 heavy (non-hydrogen) atoms. The Balaban J connectivity index is 3.34. The van der Waals surface area contributed by atoms with E-state index >= 15 is 0 Å². The van der Waals surface area contributed by atoms with Crippen molar-refractivity contribution in [3.63, 3.8) is 0 Å². The van der Waals surface area contributed by atoms with E-state index in [1.807, 2.05) is 0 Å². The molecule has 0 aromatic heterocycles. The molecule has 0 aliphatic carbocycles. The fourth-order valence-electron chi connectivity index (χ4n) is 1.11. The normalized spacial score (nSPS) is 11.7. The second-order valence-corrected chi connectivity index (χ2v) is 5.51. The van der Waals surface area contributed by atoms with Crippen LogP contribution in [0, 0.1) is 6.92 Å². The molecule has 1 aromatic carbocycles. The highest BCUT2D eigenvalue weighted by atomic mass is 35.5. The number of sulfonamides is 1. The van der Waals surface area contributed by atoms with Gasteiger partial charge in [0.05, 0.1) is 5.02 Å². The van der Waals surface area contributed by atoms with Gasteiger partial charge in [-0.1, -0.05) is 30.1 Å². The van der Waals surface area contributed by atoms with E-state index in [9.17, 15) is 8.42 Å². The van der Waals surface area contributed by atoms with E-state index in [1.54, 1.807) is 13.8 Å². The van der Waals surface area contributed by atoms with Crippen molar-refractivity contribution in [2.45, 2.75) is 18.7 Å². The van der Waals surface area contributed by atoms with Gasteiger partial charge in [-0.05, 0) is 24.6 Å². The summed E-state index contributed by atoms with van der Waals surface area (Å²) in [6.07, 6.45) is 0. The average Bonchev–Trinajstić information content (AvgIpc) is 2.13.